The molecule has 0 bridgehead atoms. The summed E-state index contributed by atoms with van der Waals surface area (Å²) in [7, 11) is 1.50. The van der Waals surface area contributed by atoms with Gasteiger partial charge in [-0.05, 0) is 43.9 Å². The predicted octanol–water partition coefficient (Wildman–Crippen LogP) is 3.23. The molecule has 6 nitrogen and oxygen atoms in total. The van der Waals surface area contributed by atoms with Gasteiger partial charge in [0, 0.05) is 23.4 Å². The van der Waals surface area contributed by atoms with E-state index in [1.165, 1.54) is 13.2 Å². The van der Waals surface area contributed by atoms with Gasteiger partial charge in [-0.25, -0.2) is 4.79 Å². The first-order valence-electron chi connectivity index (χ1n) is 9.33. The fraction of sp³-hybridized carbons (Fsp3) is 0.429. The lowest BCUT2D eigenvalue weighted by molar-refractivity contribution is 0.0523. The number of esters is 1. The molecule has 1 fully saturated rings. The lowest BCUT2D eigenvalue weighted by Crippen LogP contribution is -2.39. The molecule has 2 aromatic rings. The SMILES string of the molecule is CCOC(=O)c1cn2c(cc1=O)-c1cc(OC)c(O)cc1CC21CCCC1. The normalized spacial score (nSPS) is 16.7. The van der Waals surface area contributed by atoms with Crippen LogP contribution in [0.1, 0.15) is 48.5 Å². The summed E-state index contributed by atoms with van der Waals surface area (Å²) in [4.78, 5) is 24.9. The molecule has 1 aliphatic heterocycles. The van der Waals surface area contributed by atoms with Gasteiger partial charge in [-0.15, -0.1) is 0 Å². The van der Waals surface area contributed by atoms with E-state index in [9.17, 15) is 14.7 Å². The molecule has 1 saturated carbocycles. The first kappa shape index (κ1) is 17.6. The Morgan fingerprint density at radius 1 is 1.26 bits per heavy atom. The predicted molar refractivity (Wildman–Crippen MR) is 100 cm³/mol. The summed E-state index contributed by atoms with van der Waals surface area (Å²) < 4.78 is 12.4. The van der Waals surface area contributed by atoms with E-state index in [2.05, 4.69) is 4.57 Å². The van der Waals surface area contributed by atoms with Crippen molar-refractivity contribution in [1.29, 1.82) is 0 Å². The van der Waals surface area contributed by atoms with E-state index >= 15 is 0 Å². The van der Waals surface area contributed by atoms with Gasteiger partial charge < -0.3 is 19.1 Å². The average molecular weight is 369 g/mol. The van der Waals surface area contributed by atoms with Crippen LogP contribution in [0.2, 0.25) is 0 Å². The monoisotopic (exact) mass is 369 g/mol. The van der Waals surface area contributed by atoms with E-state index in [1.807, 2.05) is 0 Å². The third-order valence-corrected chi connectivity index (χ3v) is 5.79. The van der Waals surface area contributed by atoms with Crippen molar-refractivity contribution in [3.05, 3.63) is 45.7 Å². The second kappa shape index (κ2) is 6.44. The van der Waals surface area contributed by atoms with Gasteiger partial charge in [0.05, 0.1) is 19.4 Å². The third-order valence-electron chi connectivity index (χ3n) is 5.79. The fourth-order valence-electron chi connectivity index (χ4n) is 4.55. The maximum atomic E-state index is 12.6. The number of fused-ring (bicyclic) bond motifs is 4. The number of methoxy groups -OCH3 is 1. The zero-order valence-electron chi connectivity index (χ0n) is 15.6. The molecule has 6 heteroatoms. The number of phenolic OH excluding ortho intramolecular Hbond substituents is 1. The number of carbonyl (C=O) groups is 1. The number of rotatable bonds is 3. The summed E-state index contributed by atoms with van der Waals surface area (Å²) in [5.74, 6) is -0.118. The number of phenols is 1. The molecule has 27 heavy (non-hydrogen) atoms. The van der Waals surface area contributed by atoms with Gasteiger partial charge in [-0.1, -0.05) is 12.8 Å². The summed E-state index contributed by atoms with van der Waals surface area (Å²) >= 11 is 0. The second-order valence-electron chi connectivity index (χ2n) is 7.32. The number of carbonyl (C=O) groups excluding carboxylic acids is 1. The molecule has 1 aromatic heterocycles. The largest absolute Gasteiger partial charge is 0.504 e. The minimum Gasteiger partial charge on any atom is -0.504 e. The third kappa shape index (κ3) is 2.71. The van der Waals surface area contributed by atoms with Crippen molar-refractivity contribution in [3.63, 3.8) is 0 Å². The van der Waals surface area contributed by atoms with Crippen molar-refractivity contribution in [2.24, 2.45) is 0 Å². The molecule has 0 amide bonds. The highest BCUT2D eigenvalue weighted by atomic mass is 16.5. The zero-order chi connectivity index (χ0) is 19.2. The molecule has 0 unspecified atom stereocenters. The maximum Gasteiger partial charge on any atom is 0.343 e. The molecule has 0 saturated heterocycles. The van der Waals surface area contributed by atoms with Gasteiger partial charge in [0.15, 0.2) is 16.9 Å². The molecule has 1 aromatic carbocycles. The Morgan fingerprint density at radius 2 is 2.00 bits per heavy atom. The van der Waals surface area contributed by atoms with Crippen LogP contribution in [0.4, 0.5) is 0 Å². The number of nitrogens with zero attached hydrogens (tertiary/aromatic N) is 1. The minimum atomic E-state index is -0.583. The highest BCUT2D eigenvalue weighted by molar-refractivity contribution is 5.89. The standard InChI is InChI=1S/C21H23NO5/c1-3-27-20(25)15-12-22-16(10-17(15)23)14-9-19(26-2)18(24)8-13(14)11-21(22)6-4-5-7-21/h8-10,12,24H,3-7,11H2,1-2H3. The molecule has 142 valence electrons. The topological polar surface area (TPSA) is 77.8 Å². The number of pyridine rings is 1. The van der Waals surface area contributed by atoms with E-state index in [1.54, 1.807) is 25.3 Å². The Morgan fingerprint density at radius 3 is 2.67 bits per heavy atom. The molecule has 1 N–H and O–H groups in total. The first-order valence-corrected chi connectivity index (χ1v) is 9.33. The van der Waals surface area contributed by atoms with Crippen LogP contribution in [0.25, 0.3) is 11.3 Å². The fourth-order valence-corrected chi connectivity index (χ4v) is 4.55. The van der Waals surface area contributed by atoms with E-state index < -0.39 is 5.97 Å². The van der Waals surface area contributed by atoms with Gasteiger partial charge in [-0.2, -0.15) is 0 Å². The van der Waals surface area contributed by atoms with Crippen molar-refractivity contribution in [1.82, 2.24) is 4.57 Å². The van der Waals surface area contributed by atoms with Crippen LogP contribution < -0.4 is 10.2 Å². The number of ether oxygens (including phenoxy) is 2. The summed E-state index contributed by atoms with van der Waals surface area (Å²) in [5.41, 5.74) is 2.15. The van der Waals surface area contributed by atoms with Crippen LogP contribution in [0, 0.1) is 0 Å². The molecule has 2 aliphatic rings. The van der Waals surface area contributed by atoms with Gasteiger partial charge in [0.2, 0.25) is 0 Å². The highest BCUT2D eigenvalue weighted by Crippen LogP contribution is 2.48. The summed E-state index contributed by atoms with van der Waals surface area (Å²) in [6.07, 6.45) is 6.55. The van der Waals surface area contributed by atoms with Crippen LogP contribution in [-0.2, 0) is 16.7 Å². The second-order valence-corrected chi connectivity index (χ2v) is 7.32. The lowest BCUT2D eigenvalue weighted by atomic mass is 9.81. The Hall–Kier alpha value is -2.76. The van der Waals surface area contributed by atoms with Crippen molar-refractivity contribution in [3.8, 4) is 22.8 Å². The van der Waals surface area contributed by atoms with E-state index in [0.29, 0.717) is 5.75 Å². The molecule has 0 radical (unpaired) electrons. The zero-order valence-corrected chi connectivity index (χ0v) is 15.6. The first-order chi connectivity index (χ1) is 13.0. The van der Waals surface area contributed by atoms with Gasteiger partial charge in [0.25, 0.3) is 0 Å². The summed E-state index contributed by atoms with van der Waals surface area (Å²) in [5, 5.41) is 10.2. The summed E-state index contributed by atoms with van der Waals surface area (Å²) in [6.45, 7) is 1.95. The van der Waals surface area contributed by atoms with E-state index in [-0.39, 0.29) is 28.9 Å². The number of benzene rings is 1. The van der Waals surface area contributed by atoms with Crippen molar-refractivity contribution in [2.75, 3.05) is 13.7 Å². The number of aromatic nitrogens is 1. The number of hydrogen-bond donors (Lipinski definition) is 1. The Balaban J connectivity index is 1.97. The molecule has 1 aliphatic carbocycles. The molecule has 1 spiro atoms. The molecular formula is C21H23NO5. The van der Waals surface area contributed by atoms with Gasteiger partial charge in [0.1, 0.15) is 5.56 Å². The molecule has 2 heterocycles. The van der Waals surface area contributed by atoms with Crippen molar-refractivity contribution >= 4 is 5.97 Å². The molecule has 4 rings (SSSR count). The quantitative estimate of drug-likeness (QED) is 0.841. The number of hydrogen-bond acceptors (Lipinski definition) is 5. The van der Waals surface area contributed by atoms with Crippen LogP contribution in [0.3, 0.4) is 0 Å². The number of aromatic hydroxyl groups is 1. The lowest BCUT2D eigenvalue weighted by Gasteiger charge is -2.40. The van der Waals surface area contributed by atoms with Crippen molar-refractivity contribution in [2.45, 2.75) is 44.6 Å². The Kier molecular flexibility index (Phi) is 4.21. The van der Waals surface area contributed by atoms with Gasteiger partial charge in [-0.3, -0.25) is 4.79 Å². The van der Waals surface area contributed by atoms with Gasteiger partial charge >= 0.3 is 5.97 Å². The van der Waals surface area contributed by atoms with Crippen molar-refractivity contribution < 1.29 is 19.4 Å². The minimum absolute atomic E-state index is 0.0704. The molecule has 0 atom stereocenters. The van der Waals surface area contributed by atoms with E-state index in [4.69, 9.17) is 9.47 Å². The average Bonchev–Trinajstić information content (AvgIpc) is 3.10. The van der Waals surface area contributed by atoms with Crippen LogP contribution in [0.15, 0.2) is 29.2 Å². The van der Waals surface area contributed by atoms with Crippen LogP contribution >= 0.6 is 0 Å². The Labute approximate surface area is 157 Å². The Bertz CT molecular complexity index is 969. The van der Waals surface area contributed by atoms with Crippen LogP contribution in [0.5, 0.6) is 11.5 Å². The smallest absolute Gasteiger partial charge is 0.343 e. The molecular weight excluding hydrogens is 346 g/mol. The van der Waals surface area contributed by atoms with E-state index in [0.717, 1.165) is 48.9 Å². The maximum absolute atomic E-state index is 12.6. The highest BCUT2D eigenvalue weighted by Gasteiger charge is 2.41. The summed E-state index contributed by atoms with van der Waals surface area (Å²) in [6, 6.07) is 5.02. The van der Waals surface area contributed by atoms with Crippen LogP contribution in [-0.4, -0.2) is 29.4 Å².